The fourth-order valence-corrected chi connectivity index (χ4v) is 2.51. The van der Waals surface area contributed by atoms with Crippen LogP contribution < -0.4 is 15.8 Å². The number of anilines is 1. The maximum absolute atomic E-state index is 11.9. The monoisotopic (exact) mass is 317 g/mol. The molecule has 0 saturated carbocycles. The van der Waals surface area contributed by atoms with Crippen LogP contribution in [-0.2, 0) is 19.6 Å². The first-order valence-electron chi connectivity index (χ1n) is 5.70. The van der Waals surface area contributed by atoms with Gasteiger partial charge in [-0.05, 0) is 24.6 Å². The highest BCUT2D eigenvalue weighted by atomic mass is 35.5. The number of amides is 2. The van der Waals surface area contributed by atoms with E-state index >= 15 is 0 Å². The Morgan fingerprint density at radius 2 is 2.15 bits per heavy atom. The summed E-state index contributed by atoms with van der Waals surface area (Å²) >= 11 is 5.89. The van der Waals surface area contributed by atoms with Crippen LogP contribution in [-0.4, -0.2) is 26.3 Å². The molecule has 1 aliphatic rings. The molecule has 0 spiro atoms. The molecule has 9 heteroatoms. The minimum Gasteiger partial charge on any atom is -0.344 e. The molecule has 0 aromatic heterocycles. The van der Waals surface area contributed by atoms with E-state index in [9.17, 15) is 18.0 Å². The maximum Gasteiger partial charge on any atom is 0.247 e. The second kappa shape index (κ2) is 5.39. The van der Waals surface area contributed by atoms with Gasteiger partial charge >= 0.3 is 0 Å². The number of benzene rings is 1. The van der Waals surface area contributed by atoms with E-state index < -0.39 is 22.0 Å². The Kier molecular flexibility index (Phi) is 3.98. The molecule has 2 amide bonds. The molecule has 20 heavy (non-hydrogen) atoms. The molecule has 0 bridgehead atoms. The fourth-order valence-electron chi connectivity index (χ4n) is 1.81. The van der Waals surface area contributed by atoms with Gasteiger partial charge in [0.15, 0.2) is 0 Å². The van der Waals surface area contributed by atoms with Crippen molar-refractivity contribution in [2.24, 2.45) is 5.14 Å². The smallest absolute Gasteiger partial charge is 0.247 e. The van der Waals surface area contributed by atoms with Crippen LogP contribution >= 0.6 is 11.6 Å². The van der Waals surface area contributed by atoms with E-state index in [0.717, 1.165) is 0 Å². The maximum atomic E-state index is 11.9. The van der Waals surface area contributed by atoms with E-state index in [-0.39, 0.29) is 27.9 Å². The van der Waals surface area contributed by atoms with Gasteiger partial charge in [0.2, 0.25) is 21.8 Å². The number of primary sulfonamides is 1. The zero-order chi connectivity index (χ0) is 14.9. The Morgan fingerprint density at radius 1 is 1.45 bits per heavy atom. The SMILES string of the molecule is NS(=O)(=O)c1ccc(Cl)c(NC(=O)C2CCC(=O)N2)c1. The Hall–Kier alpha value is -1.64. The molecule has 7 nitrogen and oxygen atoms in total. The first kappa shape index (κ1) is 14.8. The molecule has 1 fully saturated rings. The molecule has 4 N–H and O–H groups in total. The molecule has 1 unspecified atom stereocenters. The van der Waals surface area contributed by atoms with Gasteiger partial charge in [-0.2, -0.15) is 0 Å². The van der Waals surface area contributed by atoms with Crippen molar-refractivity contribution in [2.45, 2.75) is 23.8 Å². The minimum absolute atomic E-state index is 0.129. The summed E-state index contributed by atoms with van der Waals surface area (Å²) in [5, 5.41) is 10.2. The summed E-state index contributed by atoms with van der Waals surface area (Å²) in [5.74, 6) is -0.654. The predicted octanol–water partition coefficient (Wildman–Crippen LogP) is 0.204. The van der Waals surface area contributed by atoms with E-state index in [1.807, 2.05) is 0 Å². The summed E-state index contributed by atoms with van der Waals surface area (Å²) in [5.41, 5.74) is 0.129. The summed E-state index contributed by atoms with van der Waals surface area (Å²) < 4.78 is 22.5. The lowest BCUT2D eigenvalue weighted by molar-refractivity contribution is -0.122. The average molecular weight is 318 g/mol. The number of hydrogen-bond acceptors (Lipinski definition) is 4. The molecule has 1 saturated heterocycles. The fraction of sp³-hybridized carbons (Fsp3) is 0.273. The predicted molar refractivity (Wildman–Crippen MR) is 72.6 cm³/mol. The number of hydrogen-bond donors (Lipinski definition) is 3. The molecule has 1 aliphatic heterocycles. The van der Waals surface area contributed by atoms with Gasteiger partial charge in [-0.25, -0.2) is 13.6 Å². The zero-order valence-corrected chi connectivity index (χ0v) is 11.8. The summed E-state index contributed by atoms with van der Waals surface area (Å²) in [6.07, 6.45) is 0.667. The van der Waals surface area contributed by atoms with Crippen LogP contribution in [0.25, 0.3) is 0 Å². The lowest BCUT2D eigenvalue weighted by atomic mass is 10.2. The van der Waals surface area contributed by atoms with Crippen LogP contribution in [0.4, 0.5) is 5.69 Å². The number of carbonyl (C=O) groups is 2. The van der Waals surface area contributed by atoms with Gasteiger partial charge in [0.05, 0.1) is 15.6 Å². The molecular formula is C11H12ClN3O4S. The van der Waals surface area contributed by atoms with Crippen molar-refractivity contribution in [2.75, 3.05) is 5.32 Å². The van der Waals surface area contributed by atoms with Gasteiger partial charge in [-0.3, -0.25) is 9.59 Å². The highest BCUT2D eigenvalue weighted by Crippen LogP contribution is 2.25. The van der Waals surface area contributed by atoms with Crippen molar-refractivity contribution in [3.05, 3.63) is 23.2 Å². The molecule has 108 valence electrons. The van der Waals surface area contributed by atoms with E-state index in [0.29, 0.717) is 6.42 Å². The van der Waals surface area contributed by atoms with Crippen molar-refractivity contribution in [1.29, 1.82) is 0 Å². The van der Waals surface area contributed by atoms with Crippen molar-refractivity contribution < 1.29 is 18.0 Å². The van der Waals surface area contributed by atoms with Gasteiger partial charge < -0.3 is 10.6 Å². The second-order valence-electron chi connectivity index (χ2n) is 4.33. The number of nitrogens with one attached hydrogen (secondary N) is 2. The van der Waals surface area contributed by atoms with E-state index in [1.54, 1.807) is 0 Å². The van der Waals surface area contributed by atoms with Gasteiger partial charge in [-0.1, -0.05) is 11.6 Å². The Labute approximate surface area is 120 Å². The summed E-state index contributed by atoms with van der Waals surface area (Å²) in [6.45, 7) is 0. The molecule has 1 aromatic rings. The van der Waals surface area contributed by atoms with Crippen LogP contribution in [0.15, 0.2) is 23.1 Å². The van der Waals surface area contributed by atoms with Gasteiger partial charge in [0.25, 0.3) is 0 Å². The topological polar surface area (TPSA) is 118 Å². The third-order valence-electron chi connectivity index (χ3n) is 2.84. The third-order valence-corrected chi connectivity index (χ3v) is 4.08. The minimum atomic E-state index is -3.89. The second-order valence-corrected chi connectivity index (χ2v) is 6.30. The highest BCUT2D eigenvalue weighted by molar-refractivity contribution is 7.89. The van der Waals surface area contributed by atoms with E-state index in [2.05, 4.69) is 10.6 Å². The van der Waals surface area contributed by atoms with Gasteiger partial charge in [0.1, 0.15) is 6.04 Å². The van der Waals surface area contributed by atoms with Crippen molar-refractivity contribution in [3.8, 4) is 0 Å². The largest absolute Gasteiger partial charge is 0.344 e. The van der Waals surface area contributed by atoms with Crippen LogP contribution in [0, 0.1) is 0 Å². The molecule has 0 radical (unpaired) electrons. The van der Waals surface area contributed by atoms with Crippen LogP contribution in [0.3, 0.4) is 0 Å². The zero-order valence-electron chi connectivity index (χ0n) is 10.2. The van der Waals surface area contributed by atoms with Crippen molar-refractivity contribution in [1.82, 2.24) is 5.32 Å². The third kappa shape index (κ3) is 3.27. The number of rotatable bonds is 3. The Morgan fingerprint density at radius 3 is 2.70 bits per heavy atom. The molecule has 1 heterocycles. The molecule has 2 rings (SSSR count). The normalized spacial score (nSPS) is 18.7. The van der Waals surface area contributed by atoms with Gasteiger partial charge in [-0.15, -0.1) is 0 Å². The van der Waals surface area contributed by atoms with Crippen LogP contribution in [0.5, 0.6) is 0 Å². The summed E-state index contributed by atoms with van der Waals surface area (Å²) in [4.78, 5) is 22.8. The average Bonchev–Trinajstić information content (AvgIpc) is 2.77. The molecule has 1 aromatic carbocycles. The van der Waals surface area contributed by atoms with Crippen molar-refractivity contribution in [3.63, 3.8) is 0 Å². The number of sulfonamides is 1. The first-order chi connectivity index (χ1) is 9.27. The molecular weight excluding hydrogens is 306 g/mol. The highest BCUT2D eigenvalue weighted by Gasteiger charge is 2.27. The first-order valence-corrected chi connectivity index (χ1v) is 7.62. The van der Waals surface area contributed by atoms with Gasteiger partial charge in [0, 0.05) is 6.42 Å². The van der Waals surface area contributed by atoms with E-state index in [1.165, 1.54) is 18.2 Å². The number of halogens is 1. The quantitative estimate of drug-likeness (QED) is 0.738. The van der Waals surface area contributed by atoms with Crippen LogP contribution in [0.1, 0.15) is 12.8 Å². The molecule has 0 aliphatic carbocycles. The standard InChI is InChI=1S/C11H12ClN3O4S/c12-7-2-1-6(20(13,18)19)5-9(7)15-11(17)8-3-4-10(16)14-8/h1-2,5,8H,3-4H2,(H,14,16)(H,15,17)(H2,13,18,19). The van der Waals surface area contributed by atoms with E-state index in [4.69, 9.17) is 16.7 Å². The lowest BCUT2D eigenvalue weighted by Crippen LogP contribution is -2.37. The lowest BCUT2D eigenvalue weighted by Gasteiger charge is -2.12. The Balaban J connectivity index is 2.20. The summed E-state index contributed by atoms with van der Waals surface area (Å²) in [7, 11) is -3.89. The van der Waals surface area contributed by atoms with Crippen molar-refractivity contribution >= 4 is 39.1 Å². The number of nitrogens with two attached hydrogens (primary N) is 1. The molecule has 1 atom stereocenters. The summed E-state index contributed by atoms with van der Waals surface area (Å²) in [6, 6.07) is 3.10. The van der Waals surface area contributed by atoms with Crippen LogP contribution in [0.2, 0.25) is 5.02 Å². The Bertz CT molecular complexity index is 674. The number of carbonyl (C=O) groups excluding carboxylic acids is 2.